The average Bonchev–Trinajstić information content (AvgIpc) is 2.92. The molecule has 2 saturated heterocycles. The number of urea groups is 1. The van der Waals surface area contributed by atoms with Crippen LogP contribution in [0.15, 0.2) is 0 Å². The number of likely N-dealkylation sites (tertiary alicyclic amines) is 1. The Kier molecular flexibility index (Phi) is 4.28. The van der Waals surface area contributed by atoms with Crippen LogP contribution >= 0.6 is 0 Å². The van der Waals surface area contributed by atoms with E-state index in [0.717, 1.165) is 25.9 Å². The number of carbonyl (C=O) groups is 2. The zero-order chi connectivity index (χ0) is 13.0. The second kappa shape index (κ2) is 5.93. The topological polar surface area (TPSA) is 53.1 Å². The molecule has 0 N–H and O–H groups in total. The minimum atomic E-state index is -0.272. The summed E-state index contributed by atoms with van der Waals surface area (Å²) in [6.07, 6.45) is 1.94. The van der Waals surface area contributed by atoms with Gasteiger partial charge in [0.2, 0.25) is 0 Å². The van der Waals surface area contributed by atoms with Crippen molar-refractivity contribution in [3.63, 3.8) is 0 Å². The normalized spacial score (nSPS) is 20.2. The fraction of sp³-hybridized carbons (Fsp3) is 0.833. The molecule has 0 aromatic rings. The van der Waals surface area contributed by atoms with Gasteiger partial charge in [-0.15, -0.1) is 0 Å². The predicted octanol–water partition coefficient (Wildman–Crippen LogP) is 0.976. The molecule has 0 radical (unpaired) electrons. The van der Waals surface area contributed by atoms with Crippen molar-refractivity contribution in [2.45, 2.75) is 19.8 Å². The molecule has 2 fully saturated rings. The quantitative estimate of drug-likeness (QED) is 0.701. The first kappa shape index (κ1) is 13.0. The third kappa shape index (κ3) is 2.86. The molecule has 0 aromatic carbocycles. The summed E-state index contributed by atoms with van der Waals surface area (Å²) in [6.45, 7) is 6.28. The maximum atomic E-state index is 12.1. The van der Waals surface area contributed by atoms with Crippen molar-refractivity contribution < 1.29 is 14.3 Å². The molecule has 3 amide bonds. The van der Waals surface area contributed by atoms with Crippen molar-refractivity contribution in [2.24, 2.45) is 0 Å². The molecule has 2 aliphatic rings. The van der Waals surface area contributed by atoms with E-state index >= 15 is 0 Å². The summed E-state index contributed by atoms with van der Waals surface area (Å²) in [6, 6.07) is 0.121. The van der Waals surface area contributed by atoms with Crippen LogP contribution in [0.3, 0.4) is 0 Å². The lowest BCUT2D eigenvalue weighted by Crippen LogP contribution is -2.53. The highest BCUT2D eigenvalue weighted by Crippen LogP contribution is 2.12. The van der Waals surface area contributed by atoms with E-state index in [1.165, 1.54) is 0 Å². The van der Waals surface area contributed by atoms with E-state index in [1.807, 2.05) is 9.80 Å². The maximum Gasteiger partial charge on any atom is 0.409 e. The summed E-state index contributed by atoms with van der Waals surface area (Å²) in [7, 11) is 0. The minimum absolute atomic E-state index is 0.121. The van der Waals surface area contributed by atoms with Crippen LogP contribution in [0.25, 0.3) is 0 Å². The van der Waals surface area contributed by atoms with Crippen molar-refractivity contribution in [1.82, 2.24) is 14.7 Å². The number of amides is 3. The zero-order valence-corrected chi connectivity index (χ0v) is 10.9. The van der Waals surface area contributed by atoms with Gasteiger partial charge in [0, 0.05) is 39.3 Å². The van der Waals surface area contributed by atoms with E-state index in [1.54, 1.807) is 11.8 Å². The third-order valence-corrected chi connectivity index (χ3v) is 3.45. The molecule has 6 heteroatoms. The number of hydrogen-bond acceptors (Lipinski definition) is 3. The third-order valence-electron chi connectivity index (χ3n) is 3.45. The first-order chi connectivity index (χ1) is 8.72. The second-order valence-electron chi connectivity index (χ2n) is 4.65. The minimum Gasteiger partial charge on any atom is -0.450 e. The highest BCUT2D eigenvalue weighted by molar-refractivity contribution is 5.75. The monoisotopic (exact) mass is 255 g/mol. The standard InChI is InChI=1S/C12H21N3O3/c1-2-18-12(17)15-9-7-14(8-10-15)11(16)13-5-3-4-6-13/h2-10H2,1H3. The van der Waals surface area contributed by atoms with Gasteiger partial charge in [0.25, 0.3) is 0 Å². The molecular weight excluding hydrogens is 234 g/mol. The molecule has 0 unspecified atom stereocenters. The van der Waals surface area contributed by atoms with E-state index in [-0.39, 0.29) is 12.1 Å². The average molecular weight is 255 g/mol. The Morgan fingerprint density at radius 2 is 1.39 bits per heavy atom. The maximum absolute atomic E-state index is 12.1. The molecule has 0 aromatic heterocycles. The number of carbonyl (C=O) groups excluding carboxylic acids is 2. The first-order valence-electron chi connectivity index (χ1n) is 6.68. The van der Waals surface area contributed by atoms with Crippen molar-refractivity contribution >= 4 is 12.1 Å². The van der Waals surface area contributed by atoms with Crippen molar-refractivity contribution in [3.05, 3.63) is 0 Å². The Labute approximate surface area is 107 Å². The molecule has 2 aliphatic heterocycles. The van der Waals surface area contributed by atoms with Gasteiger partial charge in [-0.25, -0.2) is 9.59 Å². The van der Waals surface area contributed by atoms with Crippen LogP contribution in [0.1, 0.15) is 19.8 Å². The number of piperazine rings is 1. The van der Waals surface area contributed by atoms with Crippen LogP contribution in [-0.4, -0.2) is 72.7 Å². The van der Waals surface area contributed by atoms with Crippen LogP contribution in [0.4, 0.5) is 9.59 Å². The Morgan fingerprint density at radius 3 is 1.94 bits per heavy atom. The summed E-state index contributed by atoms with van der Waals surface area (Å²) in [5.74, 6) is 0. The van der Waals surface area contributed by atoms with Gasteiger partial charge in [0.05, 0.1) is 6.61 Å². The molecule has 0 aliphatic carbocycles. The van der Waals surface area contributed by atoms with Gasteiger partial charge in [-0.2, -0.15) is 0 Å². The number of ether oxygens (including phenoxy) is 1. The summed E-state index contributed by atoms with van der Waals surface area (Å²) in [5.41, 5.74) is 0. The van der Waals surface area contributed by atoms with Gasteiger partial charge in [0.15, 0.2) is 0 Å². The fourth-order valence-electron chi connectivity index (χ4n) is 2.40. The van der Waals surface area contributed by atoms with Crippen molar-refractivity contribution in [3.8, 4) is 0 Å². The number of rotatable bonds is 1. The lowest BCUT2D eigenvalue weighted by molar-refractivity contribution is 0.0801. The molecule has 2 rings (SSSR count). The van der Waals surface area contributed by atoms with Crippen molar-refractivity contribution in [1.29, 1.82) is 0 Å². The van der Waals surface area contributed by atoms with Crippen LogP contribution < -0.4 is 0 Å². The molecule has 6 nitrogen and oxygen atoms in total. The van der Waals surface area contributed by atoms with Crippen LogP contribution in [0.5, 0.6) is 0 Å². The Bertz CT molecular complexity index is 308. The van der Waals surface area contributed by atoms with Crippen LogP contribution in [0.2, 0.25) is 0 Å². The number of hydrogen-bond donors (Lipinski definition) is 0. The lowest BCUT2D eigenvalue weighted by Gasteiger charge is -2.36. The van der Waals surface area contributed by atoms with E-state index in [0.29, 0.717) is 32.8 Å². The van der Waals surface area contributed by atoms with Gasteiger partial charge >= 0.3 is 12.1 Å². The molecular formula is C12H21N3O3. The number of nitrogens with zero attached hydrogens (tertiary/aromatic N) is 3. The van der Waals surface area contributed by atoms with Gasteiger partial charge in [-0.3, -0.25) is 0 Å². The Hall–Kier alpha value is -1.46. The van der Waals surface area contributed by atoms with E-state index in [4.69, 9.17) is 4.74 Å². The summed E-state index contributed by atoms with van der Waals surface area (Å²) < 4.78 is 4.95. The predicted molar refractivity (Wildman–Crippen MR) is 66.4 cm³/mol. The highest BCUT2D eigenvalue weighted by atomic mass is 16.6. The molecule has 0 atom stereocenters. The van der Waals surface area contributed by atoms with Crippen molar-refractivity contribution in [2.75, 3.05) is 45.9 Å². The molecule has 0 bridgehead atoms. The van der Waals surface area contributed by atoms with E-state index < -0.39 is 0 Å². The Balaban J connectivity index is 1.79. The van der Waals surface area contributed by atoms with E-state index in [2.05, 4.69) is 0 Å². The Morgan fingerprint density at radius 1 is 0.889 bits per heavy atom. The molecule has 2 heterocycles. The van der Waals surface area contributed by atoms with Gasteiger partial charge in [-0.1, -0.05) is 0 Å². The van der Waals surface area contributed by atoms with Gasteiger partial charge in [-0.05, 0) is 19.8 Å². The zero-order valence-electron chi connectivity index (χ0n) is 10.9. The molecule has 0 spiro atoms. The first-order valence-corrected chi connectivity index (χ1v) is 6.68. The summed E-state index contributed by atoms with van der Waals surface area (Å²) >= 11 is 0. The van der Waals surface area contributed by atoms with Crippen LogP contribution in [-0.2, 0) is 4.74 Å². The van der Waals surface area contributed by atoms with Gasteiger partial charge in [0.1, 0.15) is 0 Å². The fourth-order valence-corrected chi connectivity index (χ4v) is 2.40. The molecule has 0 saturated carbocycles. The van der Waals surface area contributed by atoms with E-state index in [9.17, 15) is 9.59 Å². The van der Waals surface area contributed by atoms with Crippen LogP contribution in [0, 0.1) is 0 Å². The molecule has 18 heavy (non-hydrogen) atoms. The summed E-state index contributed by atoms with van der Waals surface area (Å²) in [4.78, 5) is 29.0. The highest BCUT2D eigenvalue weighted by Gasteiger charge is 2.28. The smallest absolute Gasteiger partial charge is 0.409 e. The largest absolute Gasteiger partial charge is 0.450 e. The SMILES string of the molecule is CCOC(=O)N1CCN(C(=O)N2CCCC2)CC1. The lowest BCUT2D eigenvalue weighted by atomic mass is 10.3. The summed E-state index contributed by atoms with van der Waals surface area (Å²) in [5, 5.41) is 0. The second-order valence-corrected chi connectivity index (χ2v) is 4.65. The van der Waals surface area contributed by atoms with Gasteiger partial charge < -0.3 is 19.4 Å². The molecule has 102 valence electrons.